The third-order valence-corrected chi connectivity index (χ3v) is 2.13. The smallest absolute Gasteiger partial charge is 0.471 e. The molecule has 0 aliphatic rings. The van der Waals surface area contributed by atoms with Crippen LogP contribution in [0.3, 0.4) is 0 Å². The van der Waals surface area contributed by atoms with E-state index in [9.17, 15) is 27.9 Å². The third kappa shape index (κ3) is 2.90. The van der Waals surface area contributed by atoms with Gasteiger partial charge in [0, 0.05) is 11.8 Å². The van der Waals surface area contributed by atoms with Crippen molar-refractivity contribution >= 4 is 17.6 Å². The minimum absolute atomic E-state index is 0.0853. The molecule has 0 unspecified atom stereocenters. The van der Waals surface area contributed by atoms with Crippen LogP contribution < -0.4 is 5.32 Å². The van der Waals surface area contributed by atoms with Gasteiger partial charge in [0.2, 0.25) is 0 Å². The molecule has 1 aromatic carbocycles. The van der Waals surface area contributed by atoms with Crippen LogP contribution in [0.25, 0.3) is 0 Å². The lowest BCUT2D eigenvalue weighted by Gasteiger charge is -2.12. The van der Waals surface area contributed by atoms with Gasteiger partial charge < -0.3 is 15.5 Å². The Morgan fingerprint density at radius 2 is 1.83 bits per heavy atom. The Balaban J connectivity index is 3.18. The van der Waals surface area contributed by atoms with Gasteiger partial charge in [0.25, 0.3) is 0 Å². The second kappa shape index (κ2) is 4.55. The van der Waals surface area contributed by atoms with E-state index in [-0.39, 0.29) is 5.56 Å². The molecule has 0 bridgehead atoms. The number of carboxylic acid groups (broad SMARTS) is 1. The number of amides is 1. The van der Waals surface area contributed by atoms with E-state index in [1.54, 1.807) is 0 Å². The number of phenolic OH excluding ortho intramolecular Hbond substituents is 1. The van der Waals surface area contributed by atoms with Gasteiger partial charge in [-0.05, 0) is 18.6 Å². The lowest BCUT2D eigenvalue weighted by molar-refractivity contribution is -0.167. The highest BCUT2D eigenvalue weighted by Crippen LogP contribution is 2.27. The molecule has 0 spiro atoms. The number of aromatic hydroxyl groups is 1. The second-order valence-electron chi connectivity index (χ2n) is 3.42. The number of phenols is 1. The summed E-state index contributed by atoms with van der Waals surface area (Å²) in [4.78, 5) is 21.5. The summed E-state index contributed by atoms with van der Waals surface area (Å²) in [5.41, 5.74) is -0.889. The first kappa shape index (κ1) is 13.8. The van der Waals surface area contributed by atoms with Crippen molar-refractivity contribution in [3.63, 3.8) is 0 Å². The predicted octanol–water partition coefficient (Wildman–Crippen LogP) is 1.90. The molecule has 0 heterocycles. The first-order valence-corrected chi connectivity index (χ1v) is 4.58. The third-order valence-electron chi connectivity index (χ3n) is 2.13. The van der Waals surface area contributed by atoms with E-state index in [1.165, 1.54) is 12.2 Å². The molecule has 0 aliphatic carbocycles. The fourth-order valence-electron chi connectivity index (χ4n) is 1.24. The van der Waals surface area contributed by atoms with Crippen LogP contribution in [-0.2, 0) is 4.79 Å². The number of alkyl halides is 3. The van der Waals surface area contributed by atoms with Crippen molar-refractivity contribution in [1.82, 2.24) is 0 Å². The van der Waals surface area contributed by atoms with Crippen LogP contribution in [0, 0.1) is 6.92 Å². The fraction of sp³-hybridized carbons (Fsp3) is 0.200. The Hall–Kier alpha value is -2.25. The van der Waals surface area contributed by atoms with Gasteiger partial charge in [0.15, 0.2) is 0 Å². The average molecular weight is 263 g/mol. The summed E-state index contributed by atoms with van der Waals surface area (Å²) < 4.78 is 36.1. The van der Waals surface area contributed by atoms with Crippen molar-refractivity contribution in [2.75, 3.05) is 5.32 Å². The minimum atomic E-state index is -5.10. The zero-order chi connectivity index (χ0) is 14.1. The quantitative estimate of drug-likeness (QED) is 0.760. The fourth-order valence-corrected chi connectivity index (χ4v) is 1.24. The molecule has 0 aromatic heterocycles. The Morgan fingerprint density at radius 3 is 2.28 bits per heavy atom. The zero-order valence-corrected chi connectivity index (χ0v) is 9.00. The number of carbonyl (C=O) groups is 2. The molecular weight excluding hydrogens is 255 g/mol. The van der Waals surface area contributed by atoms with E-state index >= 15 is 0 Å². The summed E-state index contributed by atoms with van der Waals surface area (Å²) in [6.45, 7) is 1.22. The van der Waals surface area contributed by atoms with Crippen molar-refractivity contribution in [1.29, 1.82) is 0 Å². The summed E-state index contributed by atoms with van der Waals surface area (Å²) in [7, 11) is 0. The van der Waals surface area contributed by atoms with E-state index in [0.717, 1.165) is 12.1 Å². The summed E-state index contributed by atoms with van der Waals surface area (Å²) in [5, 5.41) is 19.4. The van der Waals surface area contributed by atoms with Gasteiger partial charge in [-0.1, -0.05) is 0 Å². The van der Waals surface area contributed by atoms with E-state index in [2.05, 4.69) is 0 Å². The van der Waals surface area contributed by atoms with Crippen LogP contribution in [0.5, 0.6) is 5.75 Å². The summed E-state index contributed by atoms with van der Waals surface area (Å²) in [5.74, 6) is -4.23. The maximum absolute atomic E-state index is 12.0. The largest absolute Gasteiger partial charge is 0.508 e. The van der Waals surface area contributed by atoms with Gasteiger partial charge in [-0.3, -0.25) is 4.79 Å². The maximum atomic E-state index is 12.0. The lowest BCUT2D eigenvalue weighted by atomic mass is 10.1. The molecule has 1 rings (SSSR count). The molecule has 0 aliphatic heterocycles. The van der Waals surface area contributed by atoms with Crippen LogP contribution in [0.2, 0.25) is 0 Å². The second-order valence-corrected chi connectivity index (χ2v) is 3.42. The van der Waals surface area contributed by atoms with Gasteiger partial charge in [0.1, 0.15) is 5.75 Å². The number of hydrogen-bond donors (Lipinski definition) is 3. The van der Waals surface area contributed by atoms with Crippen LogP contribution in [-0.4, -0.2) is 28.3 Å². The monoisotopic (exact) mass is 263 g/mol. The maximum Gasteiger partial charge on any atom is 0.471 e. The molecule has 5 nitrogen and oxygen atoms in total. The summed E-state index contributed by atoms with van der Waals surface area (Å²) >= 11 is 0. The number of rotatable bonds is 2. The number of carboxylic acids is 1. The molecule has 8 heteroatoms. The standard InChI is InChI=1S/C10H8F3NO4/c1-4-6(8(16)17)2-5(15)3-7(4)14-9(18)10(11,12)13/h2-3,15H,1H3,(H,14,18)(H,16,17). The van der Waals surface area contributed by atoms with Gasteiger partial charge in [-0.2, -0.15) is 13.2 Å². The predicted molar refractivity (Wildman–Crippen MR) is 54.5 cm³/mol. The molecule has 0 atom stereocenters. The highest BCUT2D eigenvalue weighted by Gasteiger charge is 2.39. The number of halogens is 3. The first-order chi connectivity index (χ1) is 8.12. The van der Waals surface area contributed by atoms with Crippen molar-refractivity contribution < 1.29 is 33.0 Å². The lowest BCUT2D eigenvalue weighted by Crippen LogP contribution is -2.30. The number of carbonyl (C=O) groups excluding carboxylic acids is 1. The SMILES string of the molecule is Cc1c(NC(=O)C(F)(F)F)cc(O)cc1C(=O)O. The first-order valence-electron chi connectivity index (χ1n) is 4.58. The number of nitrogens with one attached hydrogen (secondary N) is 1. The van der Waals surface area contributed by atoms with Crippen LogP contribution in [0.4, 0.5) is 18.9 Å². The topological polar surface area (TPSA) is 86.6 Å². The van der Waals surface area contributed by atoms with Crippen molar-refractivity contribution in [2.45, 2.75) is 13.1 Å². The Labute approximate surface area is 98.8 Å². The summed E-state index contributed by atoms with van der Waals surface area (Å²) in [6, 6.07) is 1.71. The van der Waals surface area contributed by atoms with Crippen molar-refractivity contribution in [3.8, 4) is 5.75 Å². The van der Waals surface area contributed by atoms with E-state index in [0.29, 0.717) is 0 Å². The molecule has 18 heavy (non-hydrogen) atoms. The Morgan fingerprint density at radius 1 is 1.28 bits per heavy atom. The molecule has 98 valence electrons. The molecule has 1 amide bonds. The van der Waals surface area contributed by atoms with Crippen LogP contribution >= 0.6 is 0 Å². The molecule has 3 N–H and O–H groups in total. The van der Waals surface area contributed by atoms with E-state index < -0.39 is 35.1 Å². The van der Waals surface area contributed by atoms with E-state index in [1.807, 2.05) is 0 Å². The normalized spacial score (nSPS) is 11.1. The van der Waals surface area contributed by atoms with E-state index in [4.69, 9.17) is 5.11 Å². The highest BCUT2D eigenvalue weighted by molar-refractivity contribution is 5.98. The number of aromatic carboxylic acids is 1. The van der Waals surface area contributed by atoms with Gasteiger partial charge in [0.05, 0.1) is 5.56 Å². The van der Waals surface area contributed by atoms with Gasteiger partial charge in [-0.25, -0.2) is 4.79 Å². The molecule has 0 saturated heterocycles. The Kier molecular flexibility index (Phi) is 3.49. The Bertz CT molecular complexity index is 511. The molecule has 0 radical (unpaired) electrons. The number of hydrogen-bond acceptors (Lipinski definition) is 3. The molecule has 0 fully saturated rings. The molecular formula is C10H8F3NO4. The van der Waals surface area contributed by atoms with Crippen molar-refractivity contribution in [2.24, 2.45) is 0 Å². The highest BCUT2D eigenvalue weighted by atomic mass is 19.4. The average Bonchev–Trinajstić information content (AvgIpc) is 2.21. The van der Waals surface area contributed by atoms with Crippen LogP contribution in [0.1, 0.15) is 15.9 Å². The number of benzene rings is 1. The minimum Gasteiger partial charge on any atom is -0.508 e. The van der Waals surface area contributed by atoms with Gasteiger partial charge >= 0.3 is 18.1 Å². The van der Waals surface area contributed by atoms with Crippen LogP contribution in [0.15, 0.2) is 12.1 Å². The molecule has 1 aromatic rings. The zero-order valence-electron chi connectivity index (χ0n) is 9.00. The summed E-state index contributed by atoms with van der Waals surface area (Å²) in [6.07, 6.45) is -5.10. The number of anilines is 1. The van der Waals surface area contributed by atoms with Crippen molar-refractivity contribution in [3.05, 3.63) is 23.3 Å². The molecule has 0 saturated carbocycles. The van der Waals surface area contributed by atoms with Gasteiger partial charge in [-0.15, -0.1) is 0 Å².